The summed E-state index contributed by atoms with van der Waals surface area (Å²) < 4.78 is 5.51. The Bertz CT molecular complexity index is 784. The maximum atomic E-state index is 12.7. The van der Waals surface area contributed by atoms with E-state index in [0.29, 0.717) is 35.8 Å². The number of anilines is 1. The van der Waals surface area contributed by atoms with E-state index in [9.17, 15) is 9.59 Å². The summed E-state index contributed by atoms with van der Waals surface area (Å²) in [6.45, 7) is 2.88. The second-order valence-electron chi connectivity index (χ2n) is 5.99. The van der Waals surface area contributed by atoms with Gasteiger partial charge >= 0.3 is 0 Å². The fourth-order valence-electron chi connectivity index (χ4n) is 2.85. The Kier molecular flexibility index (Phi) is 4.62. The molecular formula is C18H19ClN2O3. The number of hydrogen-bond donors (Lipinski definition) is 0. The first-order valence-electron chi connectivity index (χ1n) is 7.86. The number of hydrogen-bond acceptors (Lipinski definition) is 3. The number of carbonyl (C=O) groups excluding carboxylic acids is 2. The Labute approximate surface area is 145 Å². The first-order valence-corrected chi connectivity index (χ1v) is 8.24. The molecule has 5 nitrogen and oxygen atoms in total. The maximum Gasteiger partial charge on any atom is 0.254 e. The van der Waals surface area contributed by atoms with Crippen LogP contribution in [-0.2, 0) is 11.3 Å². The molecular weight excluding hydrogens is 328 g/mol. The molecule has 0 saturated carbocycles. The van der Waals surface area contributed by atoms with Crippen LogP contribution in [0.1, 0.15) is 34.7 Å². The summed E-state index contributed by atoms with van der Waals surface area (Å²) in [5.74, 6) is 1.44. The van der Waals surface area contributed by atoms with Crippen molar-refractivity contribution in [1.29, 1.82) is 0 Å². The standard InChI is InChI=1S/C18H19ClN2O3/c1-12-5-7-14(24-12)11-20(2)18(23)13-6-8-15(19)16(10-13)21-9-3-4-17(21)22/h5-8,10H,3-4,9,11H2,1-2H3. The van der Waals surface area contributed by atoms with Gasteiger partial charge in [-0.25, -0.2) is 0 Å². The molecule has 1 aliphatic rings. The molecule has 2 aromatic rings. The highest BCUT2D eigenvalue weighted by Gasteiger charge is 2.25. The van der Waals surface area contributed by atoms with Crippen LogP contribution < -0.4 is 4.90 Å². The predicted molar refractivity (Wildman–Crippen MR) is 92.3 cm³/mol. The van der Waals surface area contributed by atoms with Gasteiger partial charge in [-0.05, 0) is 43.7 Å². The summed E-state index contributed by atoms with van der Waals surface area (Å²) >= 11 is 6.22. The van der Waals surface area contributed by atoms with Crippen LogP contribution in [0.4, 0.5) is 5.69 Å². The van der Waals surface area contributed by atoms with Crippen molar-refractivity contribution in [2.75, 3.05) is 18.5 Å². The lowest BCUT2D eigenvalue weighted by molar-refractivity contribution is -0.117. The molecule has 0 bridgehead atoms. The van der Waals surface area contributed by atoms with Gasteiger partial charge in [0, 0.05) is 25.6 Å². The van der Waals surface area contributed by atoms with Gasteiger partial charge in [0.15, 0.2) is 0 Å². The van der Waals surface area contributed by atoms with E-state index < -0.39 is 0 Å². The van der Waals surface area contributed by atoms with E-state index in [2.05, 4.69) is 0 Å². The van der Waals surface area contributed by atoms with Crippen molar-refractivity contribution in [1.82, 2.24) is 4.90 Å². The van der Waals surface area contributed by atoms with Crippen LogP contribution >= 0.6 is 11.6 Å². The van der Waals surface area contributed by atoms with Crippen molar-refractivity contribution in [3.05, 3.63) is 52.4 Å². The second-order valence-corrected chi connectivity index (χ2v) is 6.40. The summed E-state index contributed by atoms with van der Waals surface area (Å²) in [5.41, 5.74) is 1.10. The third-order valence-electron chi connectivity index (χ3n) is 4.09. The predicted octanol–water partition coefficient (Wildman–Crippen LogP) is 3.64. The number of carbonyl (C=O) groups is 2. The lowest BCUT2D eigenvalue weighted by Crippen LogP contribution is -2.27. The highest BCUT2D eigenvalue weighted by atomic mass is 35.5. The lowest BCUT2D eigenvalue weighted by atomic mass is 10.1. The molecule has 126 valence electrons. The van der Waals surface area contributed by atoms with E-state index in [1.165, 1.54) is 0 Å². The van der Waals surface area contributed by atoms with Gasteiger partial charge in [0.25, 0.3) is 5.91 Å². The molecule has 2 heterocycles. The molecule has 0 atom stereocenters. The van der Waals surface area contributed by atoms with Crippen molar-refractivity contribution in [2.45, 2.75) is 26.3 Å². The summed E-state index contributed by atoms with van der Waals surface area (Å²) in [6, 6.07) is 8.76. The van der Waals surface area contributed by atoms with Crippen LogP contribution in [0.5, 0.6) is 0 Å². The fourth-order valence-corrected chi connectivity index (χ4v) is 3.07. The highest BCUT2D eigenvalue weighted by Crippen LogP contribution is 2.30. The van der Waals surface area contributed by atoms with Gasteiger partial charge in [0.1, 0.15) is 11.5 Å². The summed E-state index contributed by atoms with van der Waals surface area (Å²) in [5, 5.41) is 0.478. The van der Waals surface area contributed by atoms with E-state index in [4.69, 9.17) is 16.0 Å². The minimum atomic E-state index is -0.145. The molecule has 1 aliphatic heterocycles. The zero-order valence-electron chi connectivity index (χ0n) is 13.7. The molecule has 1 fully saturated rings. The van der Waals surface area contributed by atoms with Gasteiger partial charge in [-0.2, -0.15) is 0 Å². The van der Waals surface area contributed by atoms with E-state index in [1.807, 2.05) is 19.1 Å². The molecule has 0 unspecified atom stereocenters. The first kappa shape index (κ1) is 16.6. The molecule has 0 radical (unpaired) electrons. The number of furan rings is 1. The van der Waals surface area contributed by atoms with Gasteiger partial charge < -0.3 is 14.2 Å². The van der Waals surface area contributed by atoms with Gasteiger partial charge in [0.2, 0.25) is 5.91 Å². The molecule has 2 amide bonds. The first-order chi connectivity index (χ1) is 11.5. The quantitative estimate of drug-likeness (QED) is 0.849. The smallest absolute Gasteiger partial charge is 0.254 e. The van der Waals surface area contributed by atoms with Gasteiger partial charge in [-0.1, -0.05) is 11.6 Å². The Morgan fingerprint density at radius 3 is 2.75 bits per heavy atom. The van der Waals surface area contributed by atoms with Crippen LogP contribution in [0.2, 0.25) is 5.02 Å². The Morgan fingerprint density at radius 2 is 2.12 bits per heavy atom. The third-order valence-corrected chi connectivity index (χ3v) is 4.41. The van der Waals surface area contributed by atoms with E-state index in [-0.39, 0.29) is 11.8 Å². The number of halogens is 1. The molecule has 24 heavy (non-hydrogen) atoms. The Hall–Kier alpha value is -2.27. The number of rotatable bonds is 4. The largest absolute Gasteiger partial charge is 0.464 e. The van der Waals surface area contributed by atoms with E-state index >= 15 is 0 Å². The van der Waals surface area contributed by atoms with Crippen molar-refractivity contribution in [2.24, 2.45) is 0 Å². The summed E-state index contributed by atoms with van der Waals surface area (Å²) in [4.78, 5) is 27.8. The molecule has 3 rings (SSSR count). The van der Waals surface area contributed by atoms with Gasteiger partial charge in [0.05, 0.1) is 17.3 Å². The normalized spacial score (nSPS) is 14.3. The lowest BCUT2D eigenvalue weighted by Gasteiger charge is -2.20. The van der Waals surface area contributed by atoms with E-state index in [0.717, 1.165) is 17.9 Å². The van der Waals surface area contributed by atoms with Gasteiger partial charge in [-0.15, -0.1) is 0 Å². The topological polar surface area (TPSA) is 53.8 Å². The van der Waals surface area contributed by atoms with Crippen LogP contribution in [0.3, 0.4) is 0 Å². The molecule has 1 aromatic carbocycles. The molecule has 0 N–H and O–H groups in total. The van der Waals surface area contributed by atoms with Crippen molar-refractivity contribution in [3.63, 3.8) is 0 Å². The third kappa shape index (κ3) is 3.31. The zero-order valence-corrected chi connectivity index (χ0v) is 14.5. The number of nitrogens with zero attached hydrogens (tertiary/aromatic N) is 2. The minimum Gasteiger partial charge on any atom is -0.464 e. The number of aryl methyl sites for hydroxylation is 1. The summed E-state index contributed by atoms with van der Waals surface area (Å²) in [6.07, 6.45) is 1.33. The fraction of sp³-hybridized carbons (Fsp3) is 0.333. The second kappa shape index (κ2) is 6.69. The Balaban J connectivity index is 1.80. The van der Waals surface area contributed by atoms with Crippen molar-refractivity contribution >= 4 is 29.1 Å². The SMILES string of the molecule is Cc1ccc(CN(C)C(=O)c2ccc(Cl)c(N3CCCC3=O)c2)o1. The van der Waals surface area contributed by atoms with Crippen LogP contribution in [-0.4, -0.2) is 30.3 Å². The molecule has 6 heteroatoms. The van der Waals surface area contributed by atoms with Crippen LogP contribution in [0, 0.1) is 6.92 Å². The molecule has 1 aromatic heterocycles. The Morgan fingerprint density at radius 1 is 1.33 bits per heavy atom. The maximum absolute atomic E-state index is 12.7. The number of amides is 2. The van der Waals surface area contributed by atoms with Crippen molar-refractivity contribution < 1.29 is 14.0 Å². The molecule has 0 spiro atoms. The van der Waals surface area contributed by atoms with Crippen LogP contribution in [0.15, 0.2) is 34.7 Å². The average Bonchev–Trinajstić information content (AvgIpc) is 3.15. The van der Waals surface area contributed by atoms with E-state index in [1.54, 1.807) is 35.0 Å². The molecule has 0 aliphatic carbocycles. The minimum absolute atomic E-state index is 0.0425. The highest BCUT2D eigenvalue weighted by molar-refractivity contribution is 6.34. The monoisotopic (exact) mass is 346 g/mol. The molecule has 1 saturated heterocycles. The van der Waals surface area contributed by atoms with Crippen molar-refractivity contribution in [3.8, 4) is 0 Å². The van der Waals surface area contributed by atoms with Crippen LogP contribution in [0.25, 0.3) is 0 Å². The summed E-state index contributed by atoms with van der Waals surface area (Å²) in [7, 11) is 1.72. The average molecular weight is 347 g/mol. The van der Waals surface area contributed by atoms with Gasteiger partial charge in [-0.3, -0.25) is 9.59 Å². The zero-order chi connectivity index (χ0) is 17.3. The number of benzene rings is 1.